The van der Waals surface area contributed by atoms with Crippen molar-refractivity contribution in [1.29, 1.82) is 0 Å². The largest absolute Gasteiger partial charge is 0.383 e. The highest BCUT2D eigenvalue weighted by Crippen LogP contribution is 2.26. The van der Waals surface area contributed by atoms with Crippen LogP contribution in [0.25, 0.3) is 10.9 Å². The van der Waals surface area contributed by atoms with E-state index in [9.17, 15) is 9.59 Å². The molecule has 1 aromatic carbocycles. The zero-order valence-corrected chi connectivity index (χ0v) is 14.7. The molecule has 0 radical (unpaired) electrons. The third-order valence-corrected chi connectivity index (χ3v) is 4.94. The Morgan fingerprint density at radius 2 is 2.16 bits per heavy atom. The van der Waals surface area contributed by atoms with E-state index in [1.807, 2.05) is 42.3 Å². The number of hydrogen-bond acceptors (Lipinski definition) is 3. The maximum atomic E-state index is 13.1. The topological polar surface area (TPSA) is 74.4 Å². The molecule has 2 amide bonds. The Labute approximate surface area is 147 Å². The third kappa shape index (κ3) is 3.69. The van der Waals surface area contributed by atoms with Crippen molar-refractivity contribution in [1.82, 2.24) is 15.2 Å². The first kappa shape index (κ1) is 17.5. The molecule has 1 fully saturated rings. The van der Waals surface area contributed by atoms with Crippen molar-refractivity contribution in [2.24, 2.45) is 5.92 Å². The van der Waals surface area contributed by atoms with Crippen LogP contribution in [0.4, 0.5) is 0 Å². The Hall–Kier alpha value is -2.34. The summed E-state index contributed by atoms with van der Waals surface area (Å²) in [4.78, 5) is 30.4. The minimum absolute atomic E-state index is 0.000155. The summed E-state index contributed by atoms with van der Waals surface area (Å²) >= 11 is 0. The van der Waals surface area contributed by atoms with Crippen molar-refractivity contribution in [2.75, 3.05) is 26.8 Å². The van der Waals surface area contributed by atoms with E-state index in [1.165, 1.54) is 0 Å². The van der Waals surface area contributed by atoms with Crippen LogP contribution >= 0.6 is 0 Å². The molecule has 1 saturated heterocycles. The van der Waals surface area contributed by atoms with Crippen molar-refractivity contribution >= 4 is 22.7 Å². The van der Waals surface area contributed by atoms with Gasteiger partial charge in [0, 0.05) is 37.8 Å². The number of para-hydroxylation sites is 1. The van der Waals surface area contributed by atoms with E-state index in [0.29, 0.717) is 25.3 Å². The summed E-state index contributed by atoms with van der Waals surface area (Å²) in [5.41, 5.74) is 1.51. The van der Waals surface area contributed by atoms with E-state index in [0.717, 1.165) is 23.7 Å². The summed E-state index contributed by atoms with van der Waals surface area (Å²) in [6.45, 7) is 3.49. The average molecular weight is 343 g/mol. The first-order valence-corrected chi connectivity index (χ1v) is 8.75. The van der Waals surface area contributed by atoms with Gasteiger partial charge in [0.25, 0.3) is 5.91 Å². The van der Waals surface area contributed by atoms with Gasteiger partial charge in [0.05, 0.1) is 23.6 Å². The van der Waals surface area contributed by atoms with Gasteiger partial charge in [-0.05, 0) is 31.9 Å². The molecule has 6 heteroatoms. The number of hydrogen-bond donors (Lipinski definition) is 2. The maximum absolute atomic E-state index is 13.1. The number of nitrogens with one attached hydrogen (secondary N) is 2. The van der Waals surface area contributed by atoms with Crippen LogP contribution in [0.3, 0.4) is 0 Å². The highest BCUT2D eigenvalue weighted by Gasteiger charge is 2.33. The van der Waals surface area contributed by atoms with Crippen molar-refractivity contribution in [3.63, 3.8) is 0 Å². The van der Waals surface area contributed by atoms with E-state index < -0.39 is 0 Å². The Morgan fingerprint density at radius 3 is 2.96 bits per heavy atom. The number of rotatable bonds is 5. The summed E-state index contributed by atoms with van der Waals surface area (Å²) in [6.07, 6.45) is 3.47. The number of carbonyl (C=O) groups is 2. The molecule has 25 heavy (non-hydrogen) atoms. The van der Waals surface area contributed by atoms with Crippen LogP contribution in [0, 0.1) is 5.92 Å². The lowest BCUT2D eigenvalue weighted by Crippen LogP contribution is -2.49. The summed E-state index contributed by atoms with van der Waals surface area (Å²) in [5.74, 6) is -0.186. The Kier molecular flexibility index (Phi) is 5.38. The Bertz CT molecular complexity index is 755. The number of amides is 2. The number of fused-ring (bicyclic) bond motifs is 1. The van der Waals surface area contributed by atoms with Gasteiger partial charge in [0.15, 0.2) is 0 Å². The zero-order valence-electron chi connectivity index (χ0n) is 14.7. The van der Waals surface area contributed by atoms with Crippen LogP contribution < -0.4 is 5.32 Å². The minimum Gasteiger partial charge on any atom is -0.383 e. The van der Waals surface area contributed by atoms with Gasteiger partial charge in [-0.3, -0.25) is 9.59 Å². The van der Waals surface area contributed by atoms with Crippen LogP contribution in [-0.2, 0) is 9.53 Å². The predicted octanol–water partition coefficient (Wildman–Crippen LogP) is 2.17. The number of aromatic amines is 1. The second-order valence-corrected chi connectivity index (χ2v) is 6.61. The van der Waals surface area contributed by atoms with Gasteiger partial charge in [0.2, 0.25) is 5.91 Å². The molecule has 2 N–H and O–H groups in total. The smallest absolute Gasteiger partial charge is 0.256 e. The Balaban J connectivity index is 1.74. The van der Waals surface area contributed by atoms with Gasteiger partial charge < -0.3 is 19.9 Å². The number of methoxy groups -OCH3 is 1. The zero-order chi connectivity index (χ0) is 17.8. The normalized spacial score (nSPS) is 20.6. The fourth-order valence-corrected chi connectivity index (χ4v) is 3.44. The molecule has 0 unspecified atom stereocenters. The molecule has 134 valence electrons. The second-order valence-electron chi connectivity index (χ2n) is 6.61. The summed E-state index contributed by atoms with van der Waals surface area (Å²) in [5, 5.41) is 3.90. The minimum atomic E-state index is -0.167. The fourth-order valence-electron chi connectivity index (χ4n) is 3.44. The molecule has 0 spiro atoms. The lowest BCUT2D eigenvalue weighted by molar-refractivity contribution is -0.126. The number of carbonyl (C=O) groups excluding carboxylic acids is 2. The molecule has 3 rings (SSSR count). The van der Waals surface area contributed by atoms with Crippen LogP contribution in [0.5, 0.6) is 0 Å². The number of nitrogens with zero attached hydrogens (tertiary/aromatic N) is 1. The van der Waals surface area contributed by atoms with Crippen LogP contribution in [0.2, 0.25) is 0 Å². The highest BCUT2D eigenvalue weighted by molar-refractivity contribution is 6.06. The first-order valence-electron chi connectivity index (χ1n) is 8.75. The molecular weight excluding hydrogens is 318 g/mol. The van der Waals surface area contributed by atoms with E-state index in [1.54, 1.807) is 7.11 Å². The quantitative estimate of drug-likeness (QED) is 0.817. The molecule has 1 aliphatic rings. The van der Waals surface area contributed by atoms with Gasteiger partial charge in [-0.25, -0.2) is 0 Å². The van der Waals surface area contributed by atoms with Gasteiger partial charge in [0.1, 0.15) is 0 Å². The third-order valence-electron chi connectivity index (χ3n) is 4.94. The molecule has 1 aliphatic heterocycles. The van der Waals surface area contributed by atoms with Crippen LogP contribution in [0.15, 0.2) is 30.5 Å². The van der Waals surface area contributed by atoms with Crippen LogP contribution in [-0.4, -0.2) is 54.5 Å². The van der Waals surface area contributed by atoms with Crippen molar-refractivity contribution in [3.05, 3.63) is 36.0 Å². The average Bonchev–Trinajstić information content (AvgIpc) is 3.10. The number of piperidine rings is 1. The predicted molar refractivity (Wildman–Crippen MR) is 96.4 cm³/mol. The highest BCUT2D eigenvalue weighted by atomic mass is 16.5. The lowest BCUT2D eigenvalue weighted by atomic mass is 9.92. The van der Waals surface area contributed by atoms with Crippen molar-refractivity contribution in [3.8, 4) is 0 Å². The SMILES string of the molecule is COCCNC(=O)[C@H]1CC[C@H](C)N(C(=O)c2cccc3cc[nH]c23)C1. The van der Waals surface area contributed by atoms with Gasteiger partial charge >= 0.3 is 0 Å². The summed E-state index contributed by atoms with van der Waals surface area (Å²) in [6, 6.07) is 7.80. The number of likely N-dealkylation sites (tertiary alicyclic amines) is 1. The molecule has 1 aromatic heterocycles. The number of H-pyrrole nitrogens is 1. The summed E-state index contributed by atoms with van der Waals surface area (Å²) in [7, 11) is 1.61. The maximum Gasteiger partial charge on any atom is 0.256 e. The molecular formula is C19H25N3O3. The molecule has 0 bridgehead atoms. The monoisotopic (exact) mass is 343 g/mol. The standard InChI is InChI=1S/C19H25N3O3/c1-13-6-7-15(18(23)21-10-11-25-2)12-22(13)19(24)16-5-3-4-14-8-9-20-17(14)16/h3-5,8-9,13,15,20H,6-7,10-12H2,1-2H3,(H,21,23)/t13-,15-/m0/s1. The van der Waals surface area contributed by atoms with E-state index >= 15 is 0 Å². The van der Waals surface area contributed by atoms with Gasteiger partial charge in [-0.1, -0.05) is 12.1 Å². The molecule has 2 atom stereocenters. The molecule has 2 heterocycles. The van der Waals surface area contributed by atoms with Crippen molar-refractivity contribution in [2.45, 2.75) is 25.8 Å². The Morgan fingerprint density at radius 1 is 1.32 bits per heavy atom. The number of benzene rings is 1. The van der Waals surface area contributed by atoms with E-state index in [2.05, 4.69) is 10.3 Å². The number of aromatic nitrogens is 1. The van der Waals surface area contributed by atoms with Gasteiger partial charge in [-0.15, -0.1) is 0 Å². The molecule has 2 aromatic rings. The van der Waals surface area contributed by atoms with Crippen molar-refractivity contribution < 1.29 is 14.3 Å². The summed E-state index contributed by atoms with van der Waals surface area (Å²) < 4.78 is 4.96. The number of ether oxygens (including phenoxy) is 1. The van der Waals surface area contributed by atoms with Crippen LogP contribution in [0.1, 0.15) is 30.1 Å². The molecule has 0 aliphatic carbocycles. The first-order chi connectivity index (χ1) is 12.1. The fraction of sp³-hybridized carbons (Fsp3) is 0.474. The second kappa shape index (κ2) is 7.70. The van der Waals surface area contributed by atoms with E-state index in [4.69, 9.17) is 4.74 Å². The van der Waals surface area contributed by atoms with E-state index in [-0.39, 0.29) is 23.8 Å². The van der Waals surface area contributed by atoms with Gasteiger partial charge in [-0.2, -0.15) is 0 Å². The lowest BCUT2D eigenvalue weighted by Gasteiger charge is -2.37. The molecule has 0 saturated carbocycles. The molecule has 6 nitrogen and oxygen atoms in total.